The minimum atomic E-state index is -0.114. The summed E-state index contributed by atoms with van der Waals surface area (Å²) in [5.41, 5.74) is 1.96. The highest BCUT2D eigenvalue weighted by Gasteiger charge is 2.24. The van der Waals surface area contributed by atoms with Gasteiger partial charge < -0.3 is 10.6 Å². The minimum Gasteiger partial charge on any atom is -0.335 e. The smallest absolute Gasteiger partial charge is 0.319 e. The number of carbonyl (C=O) groups is 1. The molecule has 0 unspecified atom stereocenters. The summed E-state index contributed by atoms with van der Waals surface area (Å²) in [6, 6.07) is 9.97. The van der Waals surface area contributed by atoms with E-state index in [1.165, 1.54) is 6.42 Å². The first-order valence-corrected chi connectivity index (χ1v) is 9.18. The maximum absolute atomic E-state index is 12.1. The first kappa shape index (κ1) is 15.9. The molecule has 2 aromatic rings. The summed E-state index contributed by atoms with van der Waals surface area (Å²) >= 11 is 1.89. The molecule has 3 rings (SSSR count). The van der Waals surface area contributed by atoms with Crippen LogP contribution in [0, 0.1) is 0 Å². The van der Waals surface area contributed by atoms with Gasteiger partial charge in [-0.3, -0.25) is 4.68 Å². The fraction of sp³-hybridized carbons (Fsp3) is 0.412. The topological polar surface area (TPSA) is 59.0 Å². The van der Waals surface area contributed by atoms with Gasteiger partial charge in [0.25, 0.3) is 0 Å². The lowest BCUT2D eigenvalue weighted by atomic mass is 10.2. The zero-order chi connectivity index (χ0) is 16.1. The van der Waals surface area contributed by atoms with E-state index >= 15 is 0 Å². The Morgan fingerprint density at radius 3 is 2.83 bits per heavy atom. The lowest BCUT2D eigenvalue weighted by molar-refractivity contribution is 0.248. The summed E-state index contributed by atoms with van der Waals surface area (Å²) in [5.74, 6) is 0. The van der Waals surface area contributed by atoms with Gasteiger partial charge in [-0.1, -0.05) is 12.1 Å². The van der Waals surface area contributed by atoms with Crippen molar-refractivity contribution in [2.24, 2.45) is 0 Å². The van der Waals surface area contributed by atoms with Crippen molar-refractivity contribution < 1.29 is 4.79 Å². The molecule has 2 atom stereocenters. The van der Waals surface area contributed by atoms with Gasteiger partial charge in [0.15, 0.2) is 0 Å². The van der Waals surface area contributed by atoms with Crippen molar-refractivity contribution in [2.75, 3.05) is 11.6 Å². The molecule has 6 heteroatoms. The second-order valence-electron chi connectivity index (χ2n) is 5.87. The first-order chi connectivity index (χ1) is 11.2. The highest BCUT2D eigenvalue weighted by Crippen LogP contribution is 2.28. The van der Waals surface area contributed by atoms with Crippen molar-refractivity contribution in [1.82, 2.24) is 15.1 Å². The van der Waals surface area contributed by atoms with Crippen molar-refractivity contribution in [3.8, 4) is 0 Å². The lowest BCUT2D eigenvalue weighted by Gasteiger charge is -2.14. The molecule has 0 aliphatic heterocycles. The van der Waals surface area contributed by atoms with Gasteiger partial charge in [-0.05, 0) is 49.3 Å². The van der Waals surface area contributed by atoms with Gasteiger partial charge in [0, 0.05) is 29.4 Å². The number of thioether (sulfide) groups is 1. The van der Waals surface area contributed by atoms with E-state index in [1.807, 2.05) is 53.0 Å². The minimum absolute atomic E-state index is 0.114. The van der Waals surface area contributed by atoms with Crippen LogP contribution in [-0.4, -0.2) is 33.4 Å². The predicted molar refractivity (Wildman–Crippen MR) is 94.9 cm³/mol. The zero-order valence-corrected chi connectivity index (χ0v) is 14.1. The third-order valence-electron chi connectivity index (χ3n) is 4.17. The van der Waals surface area contributed by atoms with E-state index < -0.39 is 0 Å². The number of hydrogen-bond acceptors (Lipinski definition) is 3. The SMILES string of the molecule is CS[C@@H]1CC[C@@H](NC(=O)Nc2ccc(Cn3cccn3)cc2)C1. The second-order valence-corrected chi connectivity index (χ2v) is 7.00. The molecular formula is C17H22N4OS. The summed E-state index contributed by atoms with van der Waals surface area (Å²) < 4.78 is 1.87. The number of carbonyl (C=O) groups excluding carboxylic acids is 1. The van der Waals surface area contributed by atoms with Crippen LogP contribution in [0.2, 0.25) is 0 Å². The molecule has 2 amide bonds. The number of nitrogens with zero attached hydrogens (tertiary/aromatic N) is 2. The predicted octanol–water partition coefficient (Wildman–Crippen LogP) is 3.34. The van der Waals surface area contributed by atoms with Crippen LogP contribution >= 0.6 is 11.8 Å². The standard InChI is InChI=1S/C17H22N4OS/c1-23-16-8-7-15(11-16)20-17(22)19-14-5-3-13(4-6-14)12-21-10-2-9-18-21/h2-6,9-10,15-16H,7-8,11-12H2,1H3,(H2,19,20,22)/t15-,16-/m1/s1. The molecule has 5 nitrogen and oxygen atoms in total. The van der Waals surface area contributed by atoms with E-state index in [0.29, 0.717) is 11.3 Å². The van der Waals surface area contributed by atoms with E-state index in [9.17, 15) is 4.79 Å². The average Bonchev–Trinajstić information content (AvgIpc) is 3.21. The molecule has 1 fully saturated rings. The molecule has 1 aromatic heterocycles. The Hall–Kier alpha value is -1.95. The average molecular weight is 330 g/mol. The number of benzene rings is 1. The third kappa shape index (κ3) is 4.51. The quantitative estimate of drug-likeness (QED) is 0.884. The lowest BCUT2D eigenvalue weighted by Crippen LogP contribution is -2.36. The van der Waals surface area contributed by atoms with Gasteiger partial charge in [-0.15, -0.1) is 0 Å². The highest BCUT2D eigenvalue weighted by atomic mass is 32.2. The normalized spacial score (nSPS) is 20.4. The number of anilines is 1. The maximum Gasteiger partial charge on any atom is 0.319 e. The molecule has 1 aromatic carbocycles. The van der Waals surface area contributed by atoms with Crippen molar-refractivity contribution in [3.63, 3.8) is 0 Å². The second kappa shape index (κ2) is 7.55. The molecule has 1 saturated carbocycles. The van der Waals surface area contributed by atoms with Crippen molar-refractivity contribution in [2.45, 2.75) is 37.1 Å². The largest absolute Gasteiger partial charge is 0.335 e. The molecule has 0 saturated heterocycles. The molecule has 23 heavy (non-hydrogen) atoms. The molecule has 0 radical (unpaired) electrons. The summed E-state index contributed by atoms with van der Waals surface area (Å²) in [6.45, 7) is 0.734. The number of aromatic nitrogens is 2. The number of rotatable bonds is 5. The maximum atomic E-state index is 12.1. The van der Waals surface area contributed by atoms with Crippen LogP contribution in [0.3, 0.4) is 0 Å². The van der Waals surface area contributed by atoms with E-state index in [2.05, 4.69) is 22.0 Å². The van der Waals surface area contributed by atoms with Gasteiger partial charge >= 0.3 is 6.03 Å². The molecule has 1 aliphatic carbocycles. The fourth-order valence-corrected chi connectivity index (χ4v) is 3.71. The van der Waals surface area contributed by atoms with Crippen LogP contribution in [0.15, 0.2) is 42.7 Å². The van der Waals surface area contributed by atoms with Crippen molar-refractivity contribution in [3.05, 3.63) is 48.3 Å². The van der Waals surface area contributed by atoms with E-state index in [1.54, 1.807) is 6.20 Å². The van der Waals surface area contributed by atoms with Crippen LogP contribution in [0.4, 0.5) is 10.5 Å². The van der Waals surface area contributed by atoms with E-state index in [-0.39, 0.29) is 6.03 Å². The number of amides is 2. The van der Waals surface area contributed by atoms with Crippen LogP contribution < -0.4 is 10.6 Å². The first-order valence-electron chi connectivity index (χ1n) is 7.89. The number of nitrogens with one attached hydrogen (secondary N) is 2. The summed E-state index contributed by atoms with van der Waals surface area (Å²) in [5, 5.41) is 10.8. The third-order valence-corrected chi connectivity index (χ3v) is 5.26. The van der Waals surface area contributed by atoms with Gasteiger partial charge in [-0.2, -0.15) is 16.9 Å². The van der Waals surface area contributed by atoms with Crippen LogP contribution in [-0.2, 0) is 6.54 Å². The molecule has 0 spiro atoms. The Labute approximate surface area is 140 Å². The van der Waals surface area contributed by atoms with E-state index in [0.717, 1.165) is 30.6 Å². The van der Waals surface area contributed by atoms with Crippen molar-refractivity contribution in [1.29, 1.82) is 0 Å². The summed E-state index contributed by atoms with van der Waals surface area (Å²) in [7, 11) is 0. The summed E-state index contributed by atoms with van der Waals surface area (Å²) in [6.07, 6.45) is 9.17. The van der Waals surface area contributed by atoms with Gasteiger partial charge in [0.05, 0.1) is 6.54 Å². The van der Waals surface area contributed by atoms with Crippen LogP contribution in [0.5, 0.6) is 0 Å². The molecule has 1 heterocycles. The van der Waals surface area contributed by atoms with Crippen LogP contribution in [0.25, 0.3) is 0 Å². The number of urea groups is 1. The molecule has 1 aliphatic rings. The van der Waals surface area contributed by atoms with Gasteiger partial charge in [-0.25, -0.2) is 4.79 Å². The Kier molecular flexibility index (Phi) is 5.23. The monoisotopic (exact) mass is 330 g/mol. The Balaban J connectivity index is 1.49. The van der Waals surface area contributed by atoms with Crippen molar-refractivity contribution >= 4 is 23.5 Å². The fourth-order valence-electron chi connectivity index (χ4n) is 2.91. The summed E-state index contributed by atoms with van der Waals surface area (Å²) in [4.78, 5) is 12.1. The Morgan fingerprint density at radius 1 is 1.35 bits per heavy atom. The molecule has 0 bridgehead atoms. The zero-order valence-electron chi connectivity index (χ0n) is 13.2. The molecule has 2 N–H and O–H groups in total. The highest BCUT2D eigenvalue weighted by molar-refractivity contribution is 7.99. The molecular weight excluding hydrogens is 308 g/mol. The Bertz CT molecular complexity index is 627. The Morgan fingerprint density at radius 2 is 2.17 bits per heavy atom. The van der Waals surface area contributed by atoms with Crippen LogP contribution in [0.1, 0.15) is 24.8 Å². The van der Waals surface area contributed by atoms with Gasteiger partial charge in [0.1, 0.15) is 0 Å². The van der Waals surface area contributed by atoms with Gasteiger partial charge in [0.2, 0.25) is 0 Å². The van der Waals surface area contributed by atoms with E-state index in [4.69, 9.17) is 0 Å². The molecule has 122 valence electrons. The number of hydrogen-bond donors (Lipinski definition) is 2.